The molecule has 1 N–H and O–H groups in total. The maximum atomic E-state index is 13.5. The summed E-state index contributed by atoms with van der Waals surface area (Å²) in [6, 6.07) is 10.2. The minimum Gasteiger partial charge on any atom is -0.310 e. The molecule has 0 radical (unpaired) electrons. The van der Waals surface area contributed by atoms with E-state index in [-0.39, 0.29) is 17.6 Å². The predicted molar refractivity (Wildman–Crippen MR) is 115 cm³/mol. The zero-order chi connectivity index (χ0) is 21.3. The summed E-state index contributed by atoms with van der Waals surface area (Å²) >= 11 is 0. The van der Waals surface area contributed by atoms with Crippen molar-refractivity contribution in [1.82, 2.24) is 19.7 Å². The van der Waals surface area contributed by atoms with E-state index in [0.717, 1.165) is 54.1 Å². The first-order valence-electron chi connectivity index (χ1n) is 10.3. The predicted octanol–water partition coefficient (Wildman–Crippen LogP) is 4.18. The highest BCUT2D eigenvalue weighted by Gasteiger charge is 2.25. The van der Waals surface area contributed by atoms with Crippen LogP contribution in [-0.2, 0) is 17.9 Å². The number of nitrogens with one attached hydrogen (secondary N) is 1. The van der Waals surface area contributed by atoms with E-state index in [2.05, 4.69) is 22.2 Å². The Hall–Kier alpha value is -3.06. The van der Waals surface area contributed by atoms with Crippen LogP contribution in [0.1, 0.15) is 26.0 Å². The second-order valence-electron chi connectivity index (χ2n) is 7.87. The zero-order valence-corrected chi connectivity index (χ0v) is 17.5. The Kier molecular flexibility index (Phi) is 5.63. The van der Waals surface area contributed by atoms with Gasteiger partial charge < -0.3 is 5.32 Å². The summed E-state index contributed by atoms with van der Waals surface area (Å²) in [6.07, 6.45) is 2.47. The third-order valence-corrected chi connectivity index (χ3v) is 5.65. The monoisotopic (exact) mass is 407 g/mol. The quantitative estimate of drug-likeness (QED) is 0.689. The number of benzene rings is 1. The van der Waals surface area contributed by atoms with Crippen molar-refractivity contribution in [2.45, 2.75) is 33.4 Å². The van der Waals surface area contributed by atoms with Crippen LogP contribution < -0.4 is 5.32 Å². The number of amides is 1. The fourth-order valence-electron chi connectivity index (χ4n) is 3.64. The van der Waals surface area contributed by atoms with Gasteiger partial charge >= 0.3 is 0 Å². The van der Waals surface area contributed by atoms with Crippen LogP contribution >= 0.6 is 0 Å². The van der Waals surface area contributed by atoms with E-state index in [1.807, 2.05) is 30.7 Å². The molecule has 0 spiro atoms. The number of halogens is 1. The molecule has 3 aromatic rings. The van der Waals surface area contributed by atoms with Crippen molar-refractivity contribution in [3.05, 3.63) is 54.1 Å². The van der Waals surface area contributed by atoms with E-state index >= 15 is 0 Å². The van der Waals surface area contributed by atoms with Gasteiger partial charge in [-0.15, -0.1) is 0 Å². The van der Waals surface area contributed by atoms with E-state index in [1.165, 1.54) is 12.1 Å². The highest BCUT2D eigenvalue weighted by molar-refractivity contribution is 5.92. The van der Waals surface area contributed by atoms with Crippen LogP contribution in [0.15, 0.2) is 42.6 Å². The van der Waals surface area contributed by atoms with Crippen molar-refractivity contribution >= 4 is 11.7 Å². The number of likely N-dealkylation sites (N-methyl/N-ethyl adjacent to an activating group) is 1. The minimum atomic E-state index is -0.275. The second-order valence-corrected chi connectivity index (χ2v) is 7.87. The van der Waals surface area contributed by atoms with Crippen molar-refractivity contribution in [1.29, 1.82) is 0 Å². The van der Waals surface area contributed by atoms with Crippen LogP contribution in [0.5, 0.6) is 0 Å². The van der Waals surface area contributed by atoms with Crippen molar-refractivity contribution in [2.75, 3.05) is 18.9 Å². The molecule has 0 aliphatic carbocycles. The molecule has 6 nitrogen and oxygen atoms in total. The molecular formula is C23H26FN5O. The van der Waals surface area contributed by atoms with E-state index in [1.54, 1.807) is 18.3 Å². The van der Waals surface area contributed by atoms with Gasteiger partial charge in [-0.1, -0.05) is 13.8 Å². The average Bonchev–Trinajstić information content (AvgIpc) is 3.12. The van der Waals surface area contributed by atoms with Crippen molar-refractivity contribution in [3.8, 4) is 22.4 Å². The molecule has 1 aliphatic rings. The Labute approximate surface area is 175 Å². The molecule has 1 amide bonds. The number of carbonyl (C=O) groups excluding carboxylic acids is 1. The van der Waals surface area contributed by atoms with E-state index < -0.39 is 0 Å². The molecule has 1 aromatic carbocycles. The summed E-state index contributed by atoms with van der Waals surface area (Å²) in [5.74, 6) is 0.121. The average molecular weight is 407 g/mol. The molecule has 1 unspecified atom stereocenters. The molecule has 156 valence electrons. The lowest BCUT2D eigenvalue weighted by Crippen LogP contribution is -2.30. The number of anilines is 1. The maximum absolute atomic E-state index is 13.5. The van der Waals surface area contributed by atoms with Crippen LogP contribution in [-0.4, -0.2) is 39.2 Å². The smallest absolute Gasteiger partial charge is 0.228 e. The van der Waals surface area contributed by atoms with Crippen molar-refractivity contribution in [3.63, 3.8) is 0 Å². The first kappa shape index (κ1) is 20.2. The molecule has 2 aromatic heterocycles. The molecule has 30 heavy (non-hydrogen) atoms. The molecule has 0 saturated heterocycles. The Balaban J connectivity index is 1.80. The first-order valence-corrected chi connectivity index (χ1v) is 10.3. The third kappa shape index (κ3) is 3.98. The van der Waals surface area contributed by atoms with Gasteiger partial charge in [-0.05, 0) is 55.4 Å². The number of rotatable bonds is 5. The van der Waals surface area contributed by atoms with E-state index in [9.17, 15) is 9.18 Å². The molecule has 0 fully saturated rings. The highest BCUT2D eigenvalue weighted by Crippen LogP contribution is 2.37. The van der Waals surface area contributed by atoms with Crippen LogP contribution in [0, 0.1) is 11.7 Å². The first-order chi connectivity index (χ1) is 14.5. The lowest BCUT2D eigenvalue weighted by atomic mass is 9.98. The largest absolute Gasteiger partial charge is 0.310 e. The number of nitrogens with zero attached hydrogens (tertiary/aromatic N) is 4. The van der Waals surface area contributed by atoms with Gasteiger partial charge in [0.05, 0.1) is 12.2 Å². The van der Waals surface area contributed by atoms with Crippen LogP contribution in [0.25, 0.3) is 22.4 Å². The van der Waals surface area contributed by atoms with Gasteiger partial charge in [-0.25, -0.2) is 9.37 Å². The Bertz CT molecular complexity index is 1060. The molecule has 0 saturated carbocycles. The summed E-state index contributed by atoms with van der Waals surface area (Å²) in [4.78, 5) is 18.9. The van der Waals surface area contributed by atoms with Gasteiger partial charge in [-0.3, -0.25) is 14.4 Å². The van der Waals surface area contributed by atoms with Gasteiger partial charge in [0.15, 0.2) is 0 Å². The zero-order valence-electron chi connectivity index (χ0n) is 17.5. The SMILES string of the molecule is CCC(C)C(=O)Nc1cc(-c2c(-c3ccc(F)cc3)nn3c2CN(C)CC3)ccn1. The lowest BCUT2D eigenvalue weighted by Gasteiger charge is -2.24. The lowest BCUT2D eigenvalue weighted by molar-refractivity contribution is -0.119. The molecular weight excluding hydrogens is 381 g/mol. The molecule has 3 heterocycles. The molecule has 1 atom stereocenters. The summed E-state index contributed by atoms with van der Waals surface area (Å²) in [5.41, 5.74) is 4.70. The highest BCUT2D eigenvalue weighted by atomic mass is 19.1. The summed E-state index contributed by atoms with van der Waals surface area (Å²) in [6.45, 7) is 6.36. The Morgan fingerprint density at radius 3 is 2.70 bits per heavy atom. The fourth-order valence-corrected chi connectivity index (χ4v) is 3.64. The topological polar surface area (TPSA) is 63.1 Å². The second kappa shape index (κ2) is 8.36. The third-order valence-electron chi connectivity index (χ3n) is 5.65. The van der Waals surface area contributed by atoms with Gasteiger partial charge in [0.25, 0.3) is 0 Å². The van der Waals surface area contributed by atoms with Gasteiger partial charge in [0.1, 0.15) is 17.3 Å². The number of pyridine rings is 1. The normalized spacial score (nSPS) is 14.9. The molecule has 4 rings (SSSR count). The minimum absolute atomic E-state index is 0.0438. The molecule has 7 heteroatoms. The van der Waals surface area contributed by atoms with Crippen LogP contribution in [0.2, 0.25) is 0 Å². The number of aromatic nitrogens is 3. The van der Waals surface area contributed by atoms with Crippen LogP contribution in [0.4, 0.5) is 10.2 Å². The Morgan fingerprint density at radius 1 is 1.20 bits per heavy atom. The number of fused-ring (bicyclic) bond motifs is 1. The van der Waals surface area contributed by atoms with E-state index in [4.69, 9.17) is 5.10 Å². The van der Waals surface area contributed by atoms with Crippen molar-refractivity contribution < 1.29 is 9.18 Å². The van der Waals surface area contributed by atoms with Crippen LogP contribution in [0.3, 0.4) is 0 Å². The number of hydrogen-bond donors (Lipinski definition) is 1. The van der Waals surface area contributed by atoms with E-state index in [0.29, 0.717) is 5.82 Å². The molecule has 1 aliphatic heterocycles. The van der Waals surface area contributed by atoms with Gasteiger partial charge in [0.2, 0.25) is 5.91 Å². The van der Waals surface area contributed by atoms with Gasteiger partial charge in [-0.2, -0.15) is 5.10 Å². The standard InChI is InChI=1S/C23H26FN5O/c1-4-15(2)23(30)26-20-13-17(9-10-25-20)21-19-14-28(3)11-12-29(19)27-22(21)16-5-7-18(24)8-6-16/h5-10,13,15H,4,11-12,14H2,1-3H3,(H,25,26,30). The van der Waals surface area contributed by atoms with Gasteiger partial charge in [0, 0.05) is 36.3 Å². The number of carbonyl (C=O) groups is 1. The molecule has 0 bridgehead atoms. The Morgan fingerprint density at radius 2 is 1.97 bits per heavy atom. The number of hydrogen-bond acceptors (Lipinski definition) is 4. The summed E-state index contributed by atoms with van der Waals surface area (Å²) in [7, 11) is 2.09. The maximum Gasteiger partial charge on any atom is 0.228 e. The summed E-state index contributed by atoms with van der Waals surface area (Å²) in [5, 5.41) is 7.77. The fraction of sp³-hybridized carbons (Fsp3) is 0.348. The summed E-state index contributed by atoms with van der Waals surface area (Å²) < 4.78 is 15.5. The van der Waals surface area contributed by atoms with Crippen molar-refractivity contribution in [2.24, 2.45) is 5.92 Å².